The lowest BCUT2D eigenvalue weighted by Gasteiger charge is -2.64. The van der Waals surface area contributed by atoms with Gasteiger partial charge in [0.25, 0.3) is 0 Å². The Labute approximate surface area is 126 Å². The predicted octanol–water partition coefficient (Wildman–Crippen LogP) is 2.79. The van der Waals surface area contributed by atoms with E-state index in [1.807, 2.05) is 13.8 Å². The quantitative estimate of drug-likeness (QED) is 0.545. The Morgan fingerprint density at radius 1 is 1.05 bits per heavy atom. The first kappa shape index (κ1) is 17.1. The van der Waals surface area contributed by atoms with E-state index in [-0.39, 0.29) is 5.23 Å². The Hall–Kier alpha value is -0.280. The van der Waals surface area contributed by atoms with Crippen molar-refractivity contribution in [3.05, 3.63) is 10.4 Å². The summed E-state index contributed by atoms with van der Waals surface area (Å²) in [6.07, 6.45) is 5.38. The third-order valence-electron chi connectivity index (χ3n) is 4.94. The van der Waals surface area contributed by atoms with Gasteiger partial charge in [-0.2, -0.15) is 5.06 Å². The maximum atomic E-state index is 12.7. The van der Waals surface area contributed by atoms with E-state index in [2.05, 4.69) is 0 Å². The van der Waals surface area contributed by atoms with Crippen molar-refractivity contribution in [3.8, 4) is 0 Å². The van der Waals surface area contributed by atoms with Crippen LogP contribution in [0.2, 0.25) is 0 Å². The molecule has 0 spiro atoms. The van der Waals surface area contributed by atoms with E-state index in [0.717, 1.165) is 38.8 Å². The summed E-state index contributed by atoms with van der Waals surface area (Å²) in [6, 6.07) is 0. The molecular formula is C14H27N3O4-2. The number of rotatable bonds is 8. The summed E-state index contributed by atoms with van der Waals surface area (Å²) in [6.45, 7) is 5.44. The van der Waals surface area contributed by atoms with E-state index in [9.17, 15) is 15.6 Å². The van der Waals surface area contributed by atoms with Gasteiger partial charge in [-0.3, -0.25) is 5.23 Å². The molecule has 2 fully saturated rings. The second kappa shape index (κ2) is 6.87. The Kier molecular flexibility index (Phi) is 5.59. The van der Waals surface area contributed by atoms with Gasteiger partial charge in [0.2, 0.25) is 0 Å². The molecule has 7 heteroatoms. The summed E-state index contributed by atoms with van der Waals surface area (Å²) in [5, 5.41) is 36.9. The number of hydrogen-bond acceptors (Lipinski definition) is 7. The van der Waals surface area contributed by atoms with Crippen LogP contribution in [-0.4, -0.2) is 44.9 Å². The molecule has 2 atom stereocenters. The summed E-state index contributed by atoms with van der Waals surface area (Å²) in [5.74, 6) is 0. The highest BCUT2D eigenvalue weighted by atomic mass is 17.0. The van der Waals surface area contributed by atoms with E-state index < -0.39 is 11.1 Å². The number of hydrogen-bond donors (Lipinski definition) is 1. The highest BCUT2D eigenvalue weighted by Crippen LogP contribution is 2.50. The first-order valence-electron chi connectivity index (χ1n) is 8.09. The molecular weight excluding hydrogens is 274 g/mol. The molecule has 0 amide bonds. The molecule has 1 N–H and O–H groups in total. The van der Waals surface area contributed by atoms with Crippen molar-refractivity contribution in [1.82, 2.24) is 15.5 Å². The van der Waals surface area contributed by atoms with Crippen molar-refractivity contribution in [2.75, 3.05) is 13.1 Å². The smallest absolute Gasteiger partial charge is 0.0544 e. The zero-order valence-electron chi connectivity index (χ0n) is 13.1. The van der Waals surface area contributed by atoms with Gasteiger partial charge in [-0.05, 0) is 25.7 Å². The second-order valence-electron chi connectivity index (χ2n) is 6.31. The summed E-state index contributed by atoms with van der Waals surface area (Å²) in [4.78, 5) is 5.34. The lowest BCUT2D eigenvalue weighted by molar-refractivity contribution is -0.335. The van der Waals surface area contributed by atoms with Crippen molar-refractivity contribution in [2.45, 2.75) is 76.3 Å². The summed E-state index contributed by atoms with van der Waals surface area (Å²) < 4.78 is 0. The van der Waals surface area contributed by atoms with Crippen molar-refractivity contribution in [1.29, 1.82) is 0 Å². The fraction of sp³-hybridized carbons (Fsp3) is 1.00. The molecule has 0 radical (unpaired) electrons. The zero-order chi connectivity index (χ0) is 15.5. The van der Waals surface area contributed by atoms with Gasteiger partial charge in [-0.15, -0.1) is 0 Å². The average Bonchev–Trinajstić information content (AvgIpc) is 3.25. The van der Waals surface area contributed by atoms with E-state index >= 15 is 0 Å². The van der Waals surface area contributed by atoms with Crippen molar-refractivity contribution < 1.29 is 10.1 Å². The summed E-state index contributed by atoms with van der Waals surface area (Å²) in [5.41, 5.74) is -2.05. The molecule has 0 aromatic rings. The van der Waals surface area contributed by atoms with Crippen LogP contribution in [0.25, 0.3) is 0 Å². The Morgan fingerprint density at radius 3 is 2.05 bits per heavy atom. The molecule has 124 valence electrons. The van der Waals surface area contributed by atoms with Crippen LogP contribution >= 0.6 is 0 Å². The Bertz CT molecular complexity index is 332. The van der Waals surface area contributed by atoms with Gasteiger partial charge in [0.15, 0.2) is 0 Å². The van der Waals surface area contributed by atoms with Gasteiger partial charge in [0.1, 0.15) is 0 Å². The lowest BCUT2D eigenvalue weighted by Crippen LogP contribution is -2.69. The Balaban J connectivity index is 2.34. The molecule has 0 bridgehead atoms. The van der Waals surface area contributed by atoms with Crippen LogP contribution in [-0.2, 0) is 4.94 Å². The molecule has 7 nitrogen and oxygen atoms in total. The Morgan fingerprint density at radius 2 is 1.57 bits per heavy atom. The van der Waals surface area contributed by atoms with Crippen LogP contribution in [0.5, 0.6) is 0 Å². The van der Waals surface area contributed by atoms with Gasteiger partial charge in [0.05, 0.1) is 11.1 Å². The summed E-state index contributed by atoms with van der Waals surface area (Å²) in [7, 11) is 0. The minimum atomic E-state index is -1.08. The molecule has 1 heterocycles. The van der Waals surface area contributed by atoms with Crippen LogP contribution in [0, 0.1) is 10.4 Å². The molecule has 1 aliphatic carbocycles. The molecule has 0 aromatic heterocycles. The third-order valence-corrected chi connectivity index (χ3v) is 4.94. The third kappa shape index (κ3) is 3.10. The number of hydroxylamine groups is 6. The van der Waals surface area contributed by atoms with E-state index in [1.165, 1.54) is 0 Å². The molecule has 1 aliphatic heterocycles. The molecule has 21 heavy (non-hydrogen) atoms. The first-order chi connectivity index (χ1) is 10.0. The van der Waals surface area contributed by atoms with Crippen molar-refractivity contribution in [2.24, 2.45) is 0 Å². The first-order valence-corrected chi connectivity index (χ1v) is 8.09. The highest BCUT2D eigenvalue weighted by molar-refractivity contribution is 5.12. The molecule has 2 rings (SSSR count). The maximum absolute atomic E-state index is 12.7. The maximum Gasteiger partial charge on any atom is 0.0544 e. The fourth-order valence-corrected chi connectivity index (χ4v) is 3.87. The van der Waals surface area contributed by atoms with E-state index in [4.69, 9.17) is 4.94 Å². The highest BCUT2D eigenvalue weighted by Gasteiger charge is 2.54. The van der Waals surface area contributed by atoms with Crippen LogP contribution in [0.1, 0.15) is 65.2 Å². The minimum Gasteiger partial charge on any atom is -0.762 e. The largest absolute Gasteiger partial charge is 0.762 e. The van der Waals surface area contributed by atoms with Gasteiger partial charge in [-0.1, -0.05) is 39.5 Å². The monoisotopic (exact) mass is 301 g/mol. The van der Waals surface area contributed by atoms with Crippen LogP contribution in [0.15, 0.2) is 0 Å². The van der Waals surface area contributed by atoms with Crippen LogP contribution in [0.3, 0.4) is 0 Å². The lowest BCUT2D eigenvalue weighted by atomic mass is 9.63. The SMILES string of the molecule is CCCC1(N([O-])O)CCCCC1(CCC)N([O-])ON1CC1. The number of nitrogens with zero attached hydrogens (tertiary/aromatic N) is 3. The van der Waals surface area contributed by atoms with Gasteiger partial charge in [-0.25, -0.2) is 10.2 Å². The molecule has 1 saturated heterocycles. The van der Waals surface area contributed by atoms with Gasteiger partial charge < -0.3 is 15.6 Å². The van der Waals surface area contributed by atoms with Gasteiger partial charge >= 0.3 is 0 Å². The zero-order valence-corrected chi connectivity index (χ0v) is 13.1. The van der Waals surface area contributed by atoms with Crippen molar-refractivity contribution in [3.63, 3.8) is 0 Å². The van der Waals surface area contributed by atoms with Crippen LogP contribution in [0.4, 0.5) is 0 Å². The molecule has 0 aromatic carbocycles. The van der Waals surface area contributed by atoms with E-state index in [1.54, 1.807) is 5.06 Å². The van der Waals surface area contributed by atoms with E-state index in [0.29, 0.717) is 30.9 Å². The van der Waals surface area contributed by atoms with Crippen LogP contribution < -0.4 is 0 Å². The fourth-order valence-electron chi connectivity index (χ4n) is 3.87. The standard InChI is InChI=1S/C14H27N3O4/c1-3-7-13(16(18)19)9-5-6-10-14(13,8-4-2)17(20)21-15-11-12-15/h18H,3-12H2,1-2H3/q-2. The van der Waals surface area contributed by atoms with Gasteiger partial charge in [0, 0.05) is 13.1 Å². The second-order valence-corrected chi connectivity index (χ2v) is 6.31. The molecule has 2 unspecified atom stereocenters. The summed E-state index contributed by atoms with van der Waals surface area (Å²) >= 11 is 0. The molecule has 1 saturated carbocycles. The van der Waals surface area contributed by atoms with Crippen molar-refractivity contribution >= 4 is 0 Å². The predicted molar refractivity (Wildman–Crippen MR) is 78.6 cm³/mol. The topological polar surface area (TPSA) is 85.1 Å². The minimum absolute atomic E-state index is 0.0574. The average molecular weight is 301 g/mol. The normalized spacial score (nSPS) is 33.9. The molecule has 2 aliphatic rings.